The number of carbonyl (C=O) groups is 2. The van der Waals surface area contributed by atoms with Crippen LogP contribution in [0.3, 0.4) is 0 Å². The number of rotatable bonds is 4. The van der Waals surface area contributed by atoms with E-state index < -0.39 is 11.3 Å². The third-order valence-electron chi connectivity index (χ3n) is 6.31. The summed E-state index contributed by atoms with van der Waals surface area (Å²) in [7, 11) is 0. The molecular weight excluding hydrogens is 362 g/mol. The second-order valence-electron chi connectivity index (χ2n) is 8.09. The summed E-state index contributed by atoms with van der Waals surface area (Å²) in [4.78, 5) is 24.5. The Kier molecular flexibility index (Phi) is 4.31. The molecule has 0 atom stereocenters. The maximum absolute atomic E-state index is 12.5. The van der Waals surface area contributed by atoms with Crippen LogP contribution in [0.25, 0.3) is 16.7 Å². The number of nitrogens with one attached hydrogen (secondary N) is 1. The zero-order chi connectivity index (χ0) is 20.9. The number of nitrogens with two attached hydrogens (primary N) is 1. The van der Waals surface area contributed by atoms with E-state index in [1.54, 1.807) is 6.07 Å². The first kappa shape index (κ1) is 18.9. The third-order valence-corrected chi connectivity index (χ3v) is 6.31. The molecule has 2 aromatic rings. The van der Waals surface area contributed by atoms with Crippen LogP contribution in [-0.2, 0) is 11.2 Å². The largest absolute Gasteiger partial charge is 0.366 e. The number of primary amides is 1. The first-order valence-electron chi connectivity index (χ1n) is 9.74. The zero-order valence-corrected chi connectivity index (χ0v) is 16.8. The molecule has 2 aliphatic rings. The number of fused-ring (bicyclic) bond motifs is 1. The Morgan fingerprint density at radius 1 is 1.10 bits per heavy atom. The quantitative estimate of drug-likeness (QED) is 0.819. The molecule has 0 unspecified atom stereocenters. The summed E-state index contributed by atoms with van der Waals surface area (Å²) in [5, 5.41) is 12.2. The van der Waals surface area contributed by atoms with Gasteiger partial charge in [-0.25, -0.2) is 0 Å². The fraction of sp³-hybridized carbons (Fsp3) is 0.292. The summed E-state index contributed by atoms with van der Waals surface area (Å²) in [6.07, 6.45) is 1.94. The van der Waals surface area contributed by atoms with Crippen LogP contribution in [0.1, 0.15) is 53.7 Å². The predicted octanol–water partition coefficient (Wildman–Crippen LogP) is 4.35. The van der Waals surface area contributed by atoms with Crippen molar-refractivity contribution in [3.05, 3.63) is 58.2 Å². The summed E-state index contributed by atoms with van der Waals surface area (Å²) in [5.74, 6) is -0.652. The molecule has 3 N–H and O–H groups in total. The molecule has 146 valence electrons. The predicted molar refractivity (Wildman–Crippen MR) is 113 cm³/mol. The molecule has 0 radical (unpaired) electrons. The van der Waals surface area contributed by atoms with Crippen molar-refractivity contribution in [3.63, 3.8) is 0 Å². The van der Waals surface area contributed by atoms with Crippen molar-refractivity contribution in [3.8, 4) is 17.2 Å². The minimum Gasteiger partial charge on any atom is -0.366 e. The lowest BCUT2D eigenvalue weighted by Gasteiger charge is -2.18. The Hall–Kier alpha value is -3.39. The van der Waals surface area contributed by atoms with Crippen LogP contribution in [0.4, 0.5) is 5.69 Å². The molecular formula is C24H23N3O2. The van der Waals surface area contributed by atoms with Crippen molar-refractivity contribution >= 4 is 23.1 Å². The Morgan fingerprint density at radius 3 is 2.45 bits per heavy atom. The molecule has 0 aliphatic heterocycles. The maximum atomic E-state index is 12.5. The van der Waals surface area contributed by atoms with Crippen molar-refractivity contribution < 1.29 is 9.59 Å². The van der Waals surface area contributed by atoms with Gasteiger partial charge in [0, 0.05) is 11.3 Å². The molecule has 0 saturated heterocycles. The van der Waals surface area contributed by atoms with Crippen LogP contribution >= 0.6 is 0 Å². The fourth-order valence-electron chi connectivity index (χ4n) is 4.15. The van der Waals surface area contributed by atoms with Crippen LogP contribution in [-0.4, -0.2) is 11.8 Å². The van der Waals surface area contributed by atoms with Crippen LogP contribution in [0, 0.1) is 23.7 Å². The molecule has 0 spiro atoms. The van der Waals surface area contributed by atoms with Gasteiger partial charge in [0.1, 0.15) is 5.41 Å². The van der Waals surface area contributed by atoms with Gasteiger partial charge < -0.3 is 11.1 Å². The zero-order valence-electron chi connectivity index (χ0n) is 16.8. The van der Waals surface area contributed by atoms with E-state index in [4.69, 9.17) is 5.73 Å². The van der Waals surface area contributed by atoms with Gasteiger partial charge in [0.05, 0.1) is 6.07 Å². The SMILES string of the molecule is CC1=C(C)c2c(-c3cccc(NC(=O)C4(C#N)CC4)c3C)ccc(C(N)=O)c2C1. The normalized spacial score (nSPS) is 16.2. The summed E-state index contributed by atoms with van der Waals surface area (Å²) in [6, 6.07) is 11.6. The summed E-state index contributed by atoms with van der Waals surface area (Å²) < 4.78 is 0. The molecule has 1 fully saturated rings. The van der Waals surface area contributed by atoms with E-state index in [1.165, 1.54) is 5.57 Å². The van der Waals surface area contributed by atoms with Crippen LogP contribution in [0.5, 0.6) is 0 Å². The van der Waals surface area contributed by atoms with E-state index in [0.29, 0.717) is 30.5 Å². The van der Waals surface area contributed by atoms with Gasteiger partial charge in [-0.05, 0) is 85.6 Å². The molecule has 2 aliphatic carbocycles. The third kappa shape index (κ3) is 2.92. The lowest BCUT2D eigenvalue weighted by Crippen LogP contribution is -2.23. The van der Waals surface area contributed by atoms with E-state index in [1.807, 2.05) is 31.2 Å². The minimum absolute atomic E-state index is 0.235. The van der Waals surface area contributed by atoms with Crippen LogP contribution in [0.2, 0.25) is 0 Å². The average Bonchev–Trinajstić information content (AvgIpc) is 3.44. The topological polar surface area (TPSA) is 96.0 Å². The summed E-state index contributed by atoms with van der Waals surface area (Å²) >= 11 is 0. The highest BCUT2D eigenvalue weighted by molar-refractivity contribution is 6.02. The van der Waals surface area contributed by atoms with Crippen molar-refractivity contribution in [1.29, 1.82) is 5.26 Å². The standard InChI is InChI=1S/C24H23N3O2/c1-13-11-19-18(22(26)28)8-7-17(21(19)14(13)2)16-5-4-6-20(15(16)3)27-23(29)24(12-25)9-10-24/h4-8H,9-11H2,1-3H3,(H2,26,28)(H,27,29). The highest BCUT2D eigenvalue weighted by Crippen LogP contribution is 2.46. The number of benzene rings is 2. The second kappa shape index (κ2) is 6.59. The maximum Gasteiger partial charge on any atom is 0.249 e. The molecule has 5 nitrogen and oxygen atoms in total. The number of allylic oxidation sites excluding steroid dienone is 2. The van der Waals surface area contributed by atoms with Gasteiger partial charge in [-0.3, -0.25) is 9.59 Å². The van der Waals surface area contributed by atoms with E-state index in [2.05, 4.69) is 25.2 Å². The van der Waals surface area contributed by atoms with Crippen molar-refractivity contribution in [1.82, 2.24) is 0 Å². The van der Waals surface area contributed by atoms with Gasteiger partial charge >= 0.3 is 0 Å². The monoisotopic (exact) mass is 385 g/mol. The molecule has 0 aromatic heterocycles. The lowest BCUT2D eigenvalue weighted by molar-refractivity contribution is -0.119. The Morgan fingerprint density at radius 2 is 1.83 bits per heavy atom. The molecule has 2 amide bonds. The van der Waals surface area contributed by atoms with Gasteiger partial charge in [-0.2, -0.15) is 5.26 Å². The molecule has 1 saturated carbocycles. The van der Waals surface area contributed by atoms with Gasteiger partial charge in [0.2, 0.25) is 11.8 Å². The van der Waals surface area contributed by atoms with E-state index in [-0.39, 0.29) is 5.91 Å². The summed E-state index contributed by atoms with van der Waals surface area (Å²) in [5.41, 5.74) is 13.4. The van der Waals surface area contributed by atoms with Gasteiger partial charge in [-0.1, -0.05) is 23.8 Å². The summed E-state index contributed by atoms with van der Waals surface area (Å²) in [6.45, 7) is 6.11. The number of hydrogen-bond donors (Lipinski definition) is 2. The van der Waals surface area contributed by atoms with E-state index in [0.717, 1.165) is 33.4 Å². The molecule has 29 heavy (non-hydrogen) atoms. The average molecular weight is 385 g/mol. The second-order valence-corrected chi connectivity index (χ2v) is 8.09. The number of amides is 2. The smallest absolute Gasteiger partial charge is 0.249 e. The number of nitriles is 1. The molecule has 2 aromatic carbocycles. The fourth-order valence-corrected chi connectivity index (χ4v) is 4.15. The Bertz CT molecular complexity index is 1150. The van der Waals surface area contributed by atoms with E-state index in [9.17, 15) is 14.9 Å². The highest BCUT2D eigenvalue weighted by Gasteiger charge is 2.50. The van der Waals surface area contributed by atoms with Gasteiger partial charge in [0.25, 0.3) is 0 Å². The Balaban J connectivity index is 1.81. The van der Waals surface area contributed by atoms with Crippen molar-refractivity contribution in [2.75, 3.05) is 5.32 Å². The van der Waals surface area contributed by atoms with Crippen LogP contribution in [0.15, 0.2) is 35.9 Å². The molecule has 0 bridgehead atoms. The van der Waals surface area contributed by atoms with Gasteiger partial charge in [-0.15, -0.1) is 0 Å². The van der Waals surface area contributed by atoms with E-state index >= 15 is 0 Å². The number of anilines is 1. The molecule has 4 rings (SSSR count). The number of hydrogen-bond acceptors (Lipinski definition) is 3. The first-order valence-corrected chi connectivity index (χ1v) is 9.74. The first-order chi connectivity index (χ1) is 13.8. The highest BCUT2D eigenvalue weighted by atomic mass is 16.2. The van der Waals surface area contributed by atoms with Crippen molar-refractivity contribution in [2.45, 2.75) is 40.0 Å². The lowest BCUT2D eigenvalue weighted by atomic mass is 9.88. The van der Waals surface area contributed by atoms with Crippen LogP contribution < -0.4 is 11.1 Å². The van der Waals surface area contributed by atoms with Gasteiger partial charge in [0.15, 0.2) is 0 Å². The molecule has 5 heteroatoms. The minimum atomic E-state index is -0.872. The van der Waals surface area contributed by atoms with Crippen molar-refractivity contribution in [2.24, 2.45) is 11.1 Å². The Labute approximate surface area is 170 Å². The number of carbonyl (C=O) groups excluding carboxylic acids is 2. The number of nitrogens with zero attached hydrogens (tertiary/aromatic N) is 1. The molecule has 0 heterocycles.